The monoisotopic (exact) mass is 318 g/mol. The molecule has 1 atom stereocenters. The maximum absolute atomic E-state index is 13.4. The molecule has 1 rings (SSSR count). The Labute approximate surface area is 125 Å². The molecular weight excluding hydrogens is 301 g/mol. The summed E-state index contributed by atoms with van der Waals surface area (Å²) in [4.78, 5) is 11.8. The lowest BCUT2D eigenvalue weighted by molar-refractivity contribution is -0.268. The molecule has 1 aromatic rings. The molecule has 0 saturated carbocycles. The van der Waals surface area contributed by atoms with Crippen LogP contribution in [0.4, 0.5) is 13.2 Å². The number of ether oxygens (including phenoxy) is 1. The average Bonchev–Trinajstić information content (AvgIpc) is 2.36. The largest absolute Gasteiger partial charge is 0.508 e. The van der Waals surface area contributed by atoms with Gasteiger partial charge in [-0.05, 0) is 43.5 Å². The summed E-state index contributed by atoms with van der Waals surface area (Å²) in [6, 6.07) is 2.10. The molecule has 0 bridgehead atoms. The van der Waals surface area contributed by atoms with E-state index in [0.29, 0.717) is 0 Å². The number of halogens is 3. The number of carbonyl (C=O) groups is 1. The second-order valence-corrected chi connectivity index (χ2v) is 4.72. The number of rotatable bonds is 5. The van der Waals surface area contributed by atoms with Crippen LogP contribution < -0.4 is 0 Å². The Hall–Kier alpha value is -2.02. The molecule has 0 amide bonds. The van der Waals surface area contributed by atoms with Gasteiger partial charge in [-0.1, -0.05) is 6.08 Å². The van der Waals surface area contributed by atoms with E-state index in [1.165, 1.54) is 19.9 Å². The predicted molar refractivity (Wildman–Crippen MR) is 73.3 cm³/mol. The first-order valence-corrected chi connectivity index (χ1v) is 6.49. The number of phenols is 1. The predicted octanol–water partition coefficient (Wildman–Crippen LogP) is 2.74. The molecule has 1 unspecified atom stereocenters. The van der Waals surface area contributed by atoms with Gasteiger partial charge in [-0.15, -0.1) is 6.58 Å². The van der Waals surface area contributed by atoms with Gasteiger partial charge in [0.15, 0.2) is 0 Å². The van der Waals surface area contributed by atoms with Gasteiger partial charge < -0.3 is 14.9 Å². The van der Waals surface area contributed by atoms with Gasteiger partial charge >= 0.3 is 12.1 Å². The molecule has 22 heavy (non-hydrogen) atoms. The number of esters is 1. The lowest BCUT2D eigenvalue weighted by Crippen LogP contribution is -2.51. The van der Waals surface area contributed by atoms with E-state index in [4.69, 9.17) is 0 Å². The number of aliphatic hydroxyl groups is 1. The van der Waals surface area contributed by atoms with Crippen molar-refractivity contribution in [1.29, 1.82) is 0 Å². The minimum Gasteiger partial charge on any atom is -0.508 e. The third-order valence-electron chi connectivity index (χ3n) is 3.11. The second-order valence-electron chi connectivity index (χ2n) is 4.72. The zero-order valence-electron chi connectivity index (χ0n) is 12.2. The van der Waals surface area contributed by atoms with Gasteiger partial charge in [0.1, 0.15) is 5.75 Å². The summed E-state index contributed by atoms with van der Waals surface area (Å²) in [6.07, 6.45) is -4.04. The first-order chi connectivity index (χ1) is 10.1. The van der Waals surface area contributed by atoms with Crippen molar-refractivity contribution in [3.8, 4) is 5.75 Å². The van der Waals surface area contributed by atoms with Crippen molar-refractivity contribution in [3.63, 3.8) is 0 Å². The van der Waals surface area contributed by atoms with Crippen LogP contribution in [-0.4, -0.2) is 29.0 Å². The first-order valence-electron chi connectivity index (χ1n) is 6.49. The Balaban J connectivity index is 3.70. The third-order valence-corrected chi connectivity index (χ3v) is 3.11. The van der Waals surface area contributed by atoms with Crippen LogP contribution in [0.5, 0.6) is 5.75 Å². The number of hydrogen-bond donors (Lipinski definition) is 2. The molecule has 122 valence electrons. The summed E-state index contributed by atoms with van der Waals surface area (Å²) < 4.78 is 44.7. The molecule has 0 aliphatic carbocycles. The molecular formula is C15H17F3O4. The highest BCUT2D eigenvalue weighted by molar-refractivity contribution is 5.83. The Morgan fingerprint density at radius 2 is 2.00 bits per heavy atom. The number of phenolic OH excluding ortho intramolecular Hbond substituents is 1. The van der Waals surface area contributed by atoms with Crippen molar-refractivity contribution in [2.45, 2.75) is 32.0 Å². The number of allylic oxidation sites excluding steroid dienone is 1. The minimum absolute atomic E-state index is 0.0552. The van der Waals surface area contributed by atoms with Crippen LogP contribution in [0.2, 0.25) is 0 Å². The number of carbonyl (C=O) groups excluding carboxylic acids is 1. The van der Waals surface area contributed by atoms with Crippen LogP contribution in [0.25, 0.3) is 0 Å². The van der Waals surface area contributed by atoms with Gasteiger partial charge in [0.2, 0.25) is 0 Å². The number of benzene rings is 1. The van der Waals surface area contributed by atoms with E-state index in [2.05, 4.69) is 11.3 Å². The molecule has 0 aliphatic rings. The van der Waals surface area contributed by atoms with E-state index in [1.54, 1.807) is 0 Å². The molecule has 0 aliphatic heterocycles. The van der Waals surface area contributed by atoms with E-state index < -0.39 is 23.3 Å². The van der Waals surface area contributed by atoms with Gasteiger partial charge in [-0.3, -0.25) is 0 Å². The standard InChI is InChI=1S/C15H17F3O4/c1-4-6-10-8-11(19)7-9(3)12(10)14(21,15(16,17)18)13(20)22-5-2/h4,7-8,19,21H,1,5-6H2,2-3H3. The van der Waals surface area contributed by atoms with Crippen molar-refractivity contribution in [2.75, 3.05) is 6.61 Å². The Morgan fingerprint density at radius 1 is 1.41 bits per heavy atom. The zero-order valence-corrected chi connectivity index (χ0v) is 12.2. The van der Waals surface area contributed by atoms with Crippen LogP contribution in [0, 0.1) is 6.92 Å². The average molecular weight is 318 g/mol. The number of alkyl halides is 3. The maximum Gasteiger partial charge on any atom is 0.432 e. The maximum atomic E-state index is 13.4. The summed E-state index contributed by atoms with van der Waals surface area (Å²) in [5, 5.41) is 19.7. The van der Waals surface area contributed by atoms with Crippen LogP contribution in [-0.2, 0) is 21.6 Å². The quantitative estimate of drug-likeness (QED) is 0.647. The molecule has 0 radical (unpaired) electrons. The Kier molecular flexibility index (Phi) is 5.24. The summed E-state index contributed by atoms with van der Waals surface area (Å²) in [5.41, 5.74) is -4.58. The van der Waals surface area contributed by atoms with E-state index in [9.17, 15) is 28.2 Å². The van der Waals surface area contributed by atoms with E-state index in [1.807, 2.05) is 0 Å². The van der Waals surface area contributed by atoms with Crippen molar-refractivity contribution in [1.82, 2.24) is 0 Å². The zero-order chi connectivity index (χ0) is 17.1. The fourth-order valence-corrected chi connectivity index (χ4v) is 2.27. The van der Waals surface area contributed by atoms with Crippen LogP contribution in [0.15, 0.2) is 24.8 Å². The third kappa shape index (κ3) is 3.09. The summed E-state index contributed by atoms with van der Waals surface area (Å²) in [5.74, 6) is -2.08. The first kappa shape index (κ1) is 18.0. The molecule has 4 nitrogen and oxygen atoms in total. The summed E-state index contributed by atoms with van der Waals surface area (Å²) >= 11 is 0. The highest BCUT2D eigenvalue weighted by Gasteiger charge is 2.63. The fourth-order valence-electron chi connectivity index (χ4n) is 2.27. The van der Waals surface area contributed by atoms with Crippen molar-refractivity contribution in [2.24, 2.45) is 0 Å². The lowest BCUT2D eigenvalue weighted by atomic mass is 9.84. The highest BCUT2D eigenvalue weighted by atomic mass is 19.4. The molecule has 0 spiro atoms. The van der Waals surface area contributed by atoms with Gasteiger partial charge in [0.05, 0.1) is 6.61 Å². The lowest BCUT2D eigenvalue weighted by Gasteiger charge is -2.31. The summed E-state index contributed by atoms with van der Waals surface area (Å²) in [6.45, 7) is 5.70. The summed E-state index contributed by atoms with van der Waals surface area (Å²) in [7, 11) is 0. The number of aryl methyl sites for hydroxylation is 1. The molecule has 2 N–H and O–H groups in total. The minimum atomic E-state index is -5.28. The topological polar surface area (TPSA) is 66.8 Å². The van der Waals surface area contributed by atoms with Crippen LogP contribution in [0.1, 0.15) is 23.6 Å². The van der Waals surface area contributed by atoms with E-state index in [-0.39, 0.29) is 29.9 Å². The van der Waals surface area contributed by atoms with Crippen molar-refractivity contribution >= 4 is 5.97 Å². The van der Waals surface area contributed by atoms with Crippen LogP contribution in [0.3, 0.4) is 0 Å². The Bertz CT molecular complexity index is 581. The number of aromatic hydroxyl groups is 1. The Morgan fingerprint density at radius 3 is 2.45 bits per heavy atom. The molecule has 0 heterocycles. The van der Waals surface area contributed by atoms with E-state index >= 15 is 0 Å². The molecule has 0 aromatic heterocycles. The second kappa shape index (κ2) is 6.39. The normalized spacial score (nSPS) is 14.3. The van der Waals surface area contributed by atoms with Gasteiger partial charge in [0.25, 0.3) is 5.60 Å². The van der Waals surface area contributed by atoms with Crippen molar-refractivity contribution < 1.29 is 32.9 Å². The van der Waals surface area contributed by atoms with E-state index in [0.717, 1.165) is 12.1 Å². The molecule has 1 aromatic carbocycles. The SMILES string of the molecule is C=CCc1cc(O)cc(C)c1C(O)(C(=O)OCC)C(F)(F)F. The molecule has 0 saturated heterocycles. The van der Waals surface area contributed by atoms with Gasteiger partial charge in [-0.2, -0.15) is 13.2 Å². The van der Waals surface area contributed by atoms with Crippen molar-refractivity contribution in [3.05, 3.63) is 41.5 Å². The van der Waals surface area contributed by atoms with Crippen LogP contribution >= 0.6 is 0 Å². The van der Waals surface area contributed by atoms with Gasteiger partial charge in [-0.25, -0.2) is 4.79 Å². The fraction of sp³-hybridized carbons (Fsp3) is 0.400. The molecule has 0 fully saturated rings. The highest BCUT2D eigenvalue weighted by Crippen LogP contribution is 2.44. The number of hydrogen-bond acceptors (Lipinski definition) is 4. The van der Waals surface area contributed by atoms with Gasteiger partial charge in [0, 0.05) is 5.56 Å². The molecule has 7 heteroatoms. The smallest absolute Gasteiger partial charge is 0.432 e.